The number of hydrogen-bond acceptors (Lipinski definition) is 3. The molecule has 1 aliphatic heterocycles. The number of hydrogen-bond donors (Lipinski definition) is 2. The fourth-order valence-corrected chi connectivity index (χ4v) is 3.16. The zero-order chi connectivity index (χ0) is 14.8. The molecule has 0 saturated heterocycles. The topological polar surface area (TPSA) is 75.6 Å². The number of carboxylic acid groups (broad SMARTS) is 1. The minimum atomic E-state index is -0.817. The maximum Gasteiger partial charge on any atom is 0.308 e. The van der Waals surface area contributed by atoms with Crippen molar-refractivity contribution in [1.82, 2.24) is 5.32 Å². The first kappa shape index (κ1) is 14.1. The Bertz CT molecular complexity index is 569. The predicted octanol–water partition coefficient (Wildman–Crippen LogP) is 2.09. The summed E-state index contributed by atoms with van der Waals surface area (Å²) in [4.78, 5) is 23.6. The minimum absolute atomic E-state index is 0.192. The number of carbonyl (C=O) groups is 2. The molecule has 2 atom stereocenters. The highest BCUT2D eigenvalue weighted by Crippen LogP contribution is 2.25. The lowest BCUT2D eigenvalue weighted by Gasteiger charge is -2.29. The van der Waals surface area contributed by atoms with E-state index in [2.05, 4.69) is 5.32 Å². The van der Waals surface area contributed by atoms with Crippen molar-refractivity contribution < 1.29 is 19.4 Å². The molecule has 5 nitrogen and oxygen atoms in total. The molecule has 1 heterocycles. The summed E-state index contributed by atoms with van der Waals surface area (Å²) in [6, 6.07) is 5.26. The second-order valence-electron chi connectivity index (χ2n) is 5.79. The molecule has 112 valence electrons. The van der Waals surface area contributed by atoms with E-state index in [1.807, 2.05) is 12.1 Å². The van der Waals surface area contributed by atoms with E-state index in [4.69, 9.17) is 4.74 Å². The molecule has 1 fully saturated rings. The Morgan fingerprint density at radius 2 is 1.90 bits per heavy atom. The summed E-state index contributed by atoms with van der Waals surface area (Å²) < 4.78 is 5.34. The Balaban J connectivity index is 1.72. The molecule has 0 radical (unpaired) electrons. The summed E-state index contributed by atoms with van der Waals surface area (Å²) in [5.41, 5.74) is 2.74. The highest BCUT2D eigenvalue weighted by atomic mass is 16.5. The van der Waals surface area contributed by atoms with Gasteiger partial charge in [0.1, 0.15) is 0 Å². The lowest BCUT2D eigenvalue weighted by Crippen LogP contribution is -2.45. The van der Waals surface area contributed by atoms with Gasteiger partial charge in [0, 0.05) is 11.6 Å². The second kappa shape index (κ2) is 5.85. The zero-order valence-electron chi connectivity index (χ0n) is 11.8. The molecule has 1 aromatic rings. The van der Waals surface area contributed by atoms with Gasteiger partial charge in [0.05, 0.1) is 19.1 Å². The van der Waals surface area contributed by atoms with E-state index < -0.39 is 11.9 Å². The van der Waals surface area contributed by atoms with Crippen LogP contribution in [0.15, 0.2) is 18.2 Å². The summed E-state index contributed by atoms with van der Waals surface area (Å²) >= 11 is 0. The first-order valence-corrected chi connectivity index (χ1v) is 7.38. The maximum absolute atomic E-state index is 12.3. The van der Waals surface area contributed by atoms with Gasteiger partial charge in [-0.05, 0) is 36.1 Å². The van der Waals surface area contributed by atoms with Gasteiger partial charge in [-0.2, -0.15) is 0 Å². The molecule has 0 aromatic heterocycles. The van der Waals surface area contributed by atoms with Gasteiger partial charge in [-0.1, -0.05) is 18.9 Å². The van der Waals surface area contributed by atoms with E-state index in [1.165, 1.54) is 0 Å². The first-order valence-electron chi connectivity index (χ1n) is 7.38. The van der Waals surface area contributed by atoms with Crippen molar-refractivity contribution in [3.63, 3.8) is 0 Å². The van der Waals surface area contributed by atoms with Crippen molar-refractivity contribution in [1.29, 1.82) is 0 Å². The fourth-order valence-electron chi connectivity index (χ4n) is 3.16. The lowest BCUT2D eigenvalue weighted by molar-refractivity contribution is -0.143. The van der Waals surface area contributed by atoms with Crippen LogP contribution >= 0.6 is 0 Å². The molecule has 5 heteroatoms. The third-order valence-electron chi connectivity index (χ3n) is 4.38. The number of fused-ring (bicyclic) bond motifs is 1. The number of benzene rings is 1. The predicted molar refractivity (Wildman–Crippen MR) is 75.8 cm³/mol. The Kier molecular flexibility index (Phi) is 3.92. The lowest BCUT2D eigenvalue weighted by atomic mass is 9.84. The smallest absolute Gasteiger partial charge is 0.308 e. The Morgan fingerprint density at radius 3 is 2.71 bits per heavy atom. The van der Waals surface area contributed by atoms with Gasteiger partial charge in [-0.3, -0.25) is 9.59 Å². The molecule has 1 aromatic carbocycles. The Hall–Kier alpha value is -1.88. The molecular formula is C16H19NO4. The van der Waals surface area contributed by atoms with Crippen LogP contribution in [0.5, 0.6) is 0 Å². The average Bonchev–Trinajstić information content (AvgIpc) is 2.94. The summed E-state index contributed by atoms with van der Waals surface area (Å²) in [5, 5.41) is 12.1. The quantitative estimate of drug-likeness (QED) is 0.893. The number of nitrogens with one attached hydrogen (secondary N) is 1. The third kappa shape index (κ3) is 2.93. The summed E-state index contributed by atoms with van der Waals surface area (Å²) in [6.07, 6.45) is 3.25. The van der Waals surface area contributed by atoms with E-state index in [0.29, 0.717) is 25.2 Å². The highest BCUT2D eigenvalue weighted by molar-refractivity contribution is 5.95. The van der Waals surface area contributed by atoms with Crippen LogP contribution in [0.3, 0.4) is 0 Å². The molecule has 0 spiro atoms. The molecule has 2 unspecified atom stereocenters. The molecule has 0 bridgehead atoms. The van der Waals surface area contributed by atoms with Crippen LogP contribution in [-0.2, 0) is 22.7 Å². The molecule has 21 heavy (non-hydrogen) atoms. The number of rotatable bonds is 3. The van der Waals surface area contributed by atoms with Gasteiger partial charge in [-0.25, -0.2) is 0 Å². The number of ether oxygens (including phenoxy) is 1. The van der Waals surface area contributed by atoms with Gasteiger partial charge in [-0.15, -0.1) is 0 Å². The Labute approximate surface area is 123 Å². The molecule has 2 N–H and O–H groups in total. The molecule has 1 saturated carbocycles. The van der Waals surface area contributed by atoms with E-state index in [9.17, 15) is 14.7 Å². The van der Waals surface area contributed by atoms with Crippen molar-refractivity contribution in [2.24, 2.45) is 5.92 Å². The van der Waals surface area contributed by atoms with Crippen LogP contribution in [0.1, 0.15) is 47.2 Å². The molecule has 1 amide bonds. The third-order valence-corrected chi connectivity index (χ3v) is 4.38. The number of amides is 1. The summed E-state index contributed by atoms with van der Waals surface area (Å²) in [7, 11) is 0. The van der Waals surface area contributed by atoms with Crippen LogP contribution in [0.25, 0.3) is 0 Å². The van der Waals surface area contributed by atoms with E-state index in [0.717, 1.165) is 30.4 Å². The van der Waals surface area contributed by atoms with Crippen molar-refractivity contribution in [2.75, 3.05) is 0 Å². The van der Waals surface area contributed by atoms with Crippen LogP contribution in [0.4, 0.5) is 0 Å². The van der Waals surface area contributed by atoms with Crippen molar-refractivity contribution in [3.8, 4) is 0 Å². The fraction of sp³-hybridized carbons (Fsp3) is 0.500. The van der Waals surface area contributed by atoms with Crippen molar-refractivity contribution >= 4 is 11.9 Å². The van der Waals surface area contributed by atoms with Crippen molar-refractivity contribution in [2.45, 2.75) is 44.9 Å². The number of carboxylic acids is 1. The maximum atomic E-state index is 12.3. The minimum Gasteiger partial charge on any atom is -0.481 e. The zero-order valence-corrected chi connectivity index (χ0v) is 11.8. The summed E-state index contributed by atoms with van der Waals surface area (Å²) in [5.74, 6) is -1.48. The van der Waals surface area contributed by atoms with Crippen LogP contribution < -0.4 is 5.32 Å². The Morgan fingerprint density at radius 1 is 1.14 bits per heavy atom. The second-order valence-corrected chi connectivity index (χ2v) is 5.79. The molecule has 3 rings (SSSR count). The average molecular weight is 289 g/mol. The number of aliphatic carboxylic acids is 1. The number of carbonyl (C=O) groups excluding carboxylic acids is 1. The first-order chi connectivity index (χ1) is 10.1. The molecule has 2 aliphatic rings. The van der Waals surface area contributed by atoms with Gasteiger partial charge in [0.15, 0.2) is 0 Å². The van der Waals surface area contributed by atoms with Gasteiger partial charge in [0.25, 0.3) is 5.91 Å². The van der Waals surface area contributed by atoms with Gasteiger partial charge >= 0.3 is 5.97 Å². The van der Waals surface area contributed by atoms with E-state index >= 15 is 0 Å². The summed E-state index contributed by atoms with van der Waals surface area (Å²) in [6.45, 7) is 1.14. The highest BCUT2D eigenvalue weighted by Gasteiger charge is 2.32. The monoisotopic (exact) mass is 289 g/mol. The van der Waals surface area contributed by atoms with Crippen LogP contribution in [0.2, 0.25) is 0 Å². The standard InChI is InChI=1S/C16H19NO4/c18-15(10-5-6-11-8-21-9-12(11)7-10)17-14-4-2-1-3-13(14)16(19)20/h5-7,13-14H,1-4,8-9H2,(H,17,18)(H,19,20). The normalized spacial score (nSPS) is 24.4. The van der Waals surface area contributed by atoms with Gasteiger partial charge in [0.2, 0.25) is 0 Å². The van der Waals surface area contributed by atoms with Crippen LogP contribution in [-0.4, -0.2) is 23.0 Å². The molecule has 1 aliphatic carbocycles. The van der Waals surface area contributed by atoms with Crippen molar-refractivity contribution in [3.05, 3.63) is 34.9 Å². The van der Waals surface area contributed by atoms with E-state index in [-0.39, 0.29) is 11.9 Å². The SMILES string of the molecule is O=C(NC1CCCCC1C(=O)O)c1ccc2c(c1)COC2. The van der Waals surface area contributed by atoms with E-state index in [1.54, 1.807) is 6.07 Å². The largest absolute Gasteiger partial charge is 0.481 e. The van der Waals surface area contributed by atoms with Gasteiger partial charge < -0.3 is 15.2 Å². The molecular weight excluding hydrogens is 270 g/mol. The van der Waals surface area contributed by atoms with Crippen LogP contribution in [0, 0.1) is 5.92 Å².